The van der Waals surface area contributed by atoms with Crippen molar-refractivity contribution in [2.45, 2.75) is 32.2 Å². The van der Waals surface area contributed by atoms with E-state index in [2.05, 4.69) is 20.2 Å². The minimum absolute atomic E-state index is 0.0932. The first kappa shape index (κ1) is 13.1. The third kappa shape index (κ3) is 3.10. The summed E-state index contributed by atoms with van der Waals surface area (Å²) in [5, 5.41) is 3.58. The number of hydrogen-bond donors (Lipinski definition) is 1. The van der Waals surface area contributed by atoms with Crippen molar-refractivity contribution in [3.8, 4) is 0 Å². The lowest BCUT2D eigenvalue weighted by molar-refractivity contribution is -0.121. The maximum atomic E-state index is 11.4. The highest BCUT2D eigenvalue weighted by atomic mass is 35.5. The second kappa shape index (κ2) is 6.00. The number of aromatic nitrogens is 2. The van der Waals surface area contributed by atoms with Crippen LogP contribution >= 0.6 is 11.6 Å². The van der Waals surface area contributed by atoms with Gasteiger partial charge < -0.3 is 10.2 Å². The Morgan fingerprint density at radius 1 is 1.67 bits per heavy atom. The molecule has 2 heterocycles. The van der Waals surface area contributed by atoms with Gasteiger partial charge in [-0.15, -0.1) is 0 Å². The maximum absolute atomic E-state index is 11.4. The molecule has 0 aromatic carbocycles. The Kier molecular flexibility index (Phi) is 4.36. The molecule has 0 spiro atoms. The molecule has 98 valence electrons. The molecule has 1 aromatic heterocycles. The second-order valence-electron chi connectivity index (χ2n) is 4.40. The molecule has 1 unspecified atom stereocenters. The van der Waals surface area contributed by atoms with Crippen LogP contribution in [0.2, 0.25) is 5.02 Å². The van der Waals surface area contributed by atoms with Crippen molar-refractivity contribution in [2.24, 2.45) is 0 Å². The smallest absolute Gasteiger partial charge is 0.219 e. The van der Waals surface area contributed by atoms with Gasteiger partial charge in [0, 0.05) is 25.6 Å². The summed E-state index contributed by atoms with van der Waals surface area (Å²) in [6, 6.07) is 0.178. The summed E-state index contributed by atoms with van der Waals surface area (Å²) in [6.45, 7) is 3.52. The van der Waals surface area contributed by atoms with Crippen molar-refractivity contribution in [2.75, 3.05) is 18.0 Å². The Hall–Kier alpha value is -1.36. The van der Waals surface area contributed by atoms with Crippen LogP contribution in [0.3, 0.4) is 0 Å². The summed E-state index contributed by atoms with van der Waals surface area (Å²) in [7, 11) is 0. The van der Waals surface area contributed by atoms with Gasteiger partial charge in [-0.25, -0.2) is 9.97 Å². The fourth-order valence-electron chi connectivity index (χ4n) is 2.16. The van der Waals surface area contributed by atoms with Gasteiger partial charge in [-0.05, 0) is 12.8 Å². The number of rotatable bonds is 3. The maximum Gasteiger partial charge on any atom is 0.219 e. The minimum atomic E-state index is 0.0932. The lowest BCUT2D eigenvalue weighted by Gasteiger charge is -2.34. The number of nitrogens with one attached hydrogen (secondary N) is 1. The predicted octanol–water partition coefficient (Wildman–Crippen LogP) is 1.62. The molecule has 18 heavy (non-hydrogen) atoms. The number of carbonyl (C=O) groups excluding carboxylic acids is 1. The van der Waals surface area contributed by atoms with Crippen LogP contribution in [0.1, 0.15) is 26.2 Å². The van der Waals surface area contributed by atoms with Crippen LogP contribution in [-0.4, -0.2) is 35.0 Å². The Bertz CT molecular complexity index is 426. The van der Waals surface area contributed by atoms with E-state index in [1.165, 1.54) is 6.33 Å². The van der Waals surface area contributed by atoms with Crippen LogP contribution in [0.15, 0.2) is 12.5 Å². The normalized spacial score (nSPS) is 19.7. The van der Waals surface area contributed by atoms with E-state index in [1.807, 2.05) is 6.92 Å². The molecule has 5 nitrogen and oxygen atoms in total. The number of anilines is 1. The Morgan fingerprint density at radius 2 is 2.50 bits per heavy atom. The molecule has 0 bridgehead atoms. The SMILES string of the molecule is CCC(=O)NC1CCCN(c2ncncc2Cl)C1. The van der Waals surface area contributed by atoms with Crippen LogP contribution in [0.4, 0.5) is 5.82 Å². The van der Waals surface area contributed by atoms with Crippen LogP contribution in [0.5, 0.6) is 0 Å². The van der Waals surface area contributed by atoms with Gasteiger partial charge in [-0.3, -0.25) is 4.79 Å². The molecule has 2 rings (SSSR count). The summed E-state index contributed by atoms with van der Waals surface area (Å²) in [6.07, 6.45) is 5.64. The fourth-order valence-corrected chi connectivity index (χ4v) is 2.38. The fraction of sp³-hybridized carbons (Fsp3) is 0.583. The van der Waals surface area contributed by atoms with Crippen LogP contribution in [0.25, 0.3) is 0 Å². The largest absolute Gasteiger partial charge is 0.353 e. The van der Waals surface area contributed by atoms with E-state index in [0.717, 1.165) is 31.7 Å². The zero-order chi connectivity index (χ0) is 13.0. The molecule has 1 amide bonds. The van der Waals surface area contributed by atoms with Gasteiger partial charge in [0.25, 0.3) is 0 Å². The highest BCUT2D eigenvalue weighted by Gasteiger charge is 2.23. The van der Waals surface area contributed by atoms with E-state index in [0.29, 0.717) is 11.4 Å². The second-order valence-corrected chi connectivity index (χ2v) is 4.81. The van der Waals surface area contributed by atoms with Crippen molar-refractivity contribution in [1.29, 1.82) is 0 Å². The van der Waals surface area contributed by atoms with Crippen LogP contribution < -0.4 is 10.2 Å². The number of piperidine rings is 1. The number of halogens is 1. The third-order valence-electron chi connectivity index (χ3n) is 3.06. The van der Waals surface area contributed by atoms with E-state index < -0.39 is 0 Å². The van der Waals surface area contributed by atoms with E-state index in [4.69, 9.17) is 11.6 Å². The quantitative estimate of drug-likeness (QED) is 0.905. The molecular weight excluding hydrogens is 252 g/mol. The first-order chi connectivity index (χ1) is 8.70. The Balaban J connectivity index is 2.03. The van der Waals surface area contributed by atoms with Gasteiger partial charge in [-0.1, -0.05) is 18.5 Å². The Morgan fingerprint density at radius 3 is 3.22 bits per heavy atom. The molecule has 0 radical (unpaired) electrons. The van der Waals surface area contributed by atoms with Crippen molar-refractivity contribution < 1.29 is 4.79 Å². The van der Waals surface area contributed by atoms with E-state index in [1.54, 1.807) is 6.20 Å². The standard InChI is InChI=1S/C12H17ClN4O/c1-2-11(18)16-9-4-3-5-17(7-9)12-10(13)6-14-8-15-12/h6,8-9H,2-5,7H2,1H3,(H,16,18). The molecule has 1 aromatic rings. The molecule has 1 aliphatic heterocycles. The third-order valence-corrected chi connectivity index (χ3v) is 3.32. The van der Waals surface area contributed by atoms with Crippen LogP contribution in [0, 0.1) is 0 Å². The number of nitrogens with zero attached hydrogens (tertiary/aromatic N) is 3. The van der Waals surface area contributed by atoms with Crippen molar-refractivity contribution in [1.82, 2.24) is 15.3 Å². The zero-order valence-electron chi connectivity index (χ0n) is 10.4. The van der Waals surface area contributed by atoms with Gasteiger partial charge in [0.05, 0.1) is 6.20 Å². The lowest BCUT2D eigenvalue weighted by atomic mass is 10.1. The van der Waals surface area contributed by atoms with Gasteiger partial charge in [0.15, 0.2) is 5.82 Å². The highest BCUT2D eigenvalue weighted by Crippen LogP contribution is 2.24. The van der Waals surface area contributed by atoms with Gasteiger partial charge in [-0.2, -0.15) is 0 Å². The summed E-state index contributed by atoms with van der Waals surface area (Å²) in [5.41, 5.74) is 0. The molecule has 1 saturated heterocycles. The molecule has 1 fully saturated rings. The topological polar surface area (TPSA) is 58.1 Å². The van der Waals surface area contributed by atoms with Crippen molar-refractivity contribution in [3.63, 3.8) is 0 Å². The Labute approximate surface area is 112 Å². The van der Waals surface area contributed by atoms with Crippen molar-refractivity contribution >= 4 is 23.3 Å². The van der Waals surface area contributed by atoms with E-state index in [9.17, 15) is 4.79 Å². The average Bonchev–Trinajstić information content (AvgIpc) is 2.39. The molecule has 1 atom stereocenters. The molecule has 0 saturated carbocycles. The molecule has 0 aliphatic carbocycles. The summed E-state index contributed by atoms with van der Waals surface area (Å²) >= 11 is 6.08. The molecule has 6 heteroatoms. The number of hydrogen-bond acceptors (Lipinski definition) is 4. The first-order valence-electron chi connectivity index (χ1n) is 6.20. The highest BCUT2D eigenvalue weighted by molar-refractivity contribution is 6.32. The van der Waals surface area contributed by atoms with Crippen LogP contribution in [-0.2, 0) is 4.79 Å². The average molecular weight is 269 g/mol. The summed E-state index contributed by atoms with van der Waals surface area (Å²) in [4.78, 5) is 21.6. The van der Waals surface area contributed by atoms with Gasteiger partial charge in [0.1, 0.15) is 11.3 Å². The summed E-state index contributed by atoms with van der Waals surface area (Å²) in [5.74, 6) is 0.845. The number of carbonyl (C=O) groups is 1. The molecule has 1 N–H and O–H groups in total. The van der Waals surface area contributed by atoms with Gasteiger partial charge in [0.2, 0.25) is 5.91 Å². The van der Waals surface area contributed by atoms with Crippen molar-refractivity contribution in [3.05, 3.63) is 17.5 Å². The van der Waals surface area contributed by atoms with E-state index >= 15 is 0 Å². The summed E-state index contributed by atoms with van der Waals surface area (Å²) < 4.78 is 0. The monoisotopic (exact) mass is 268 g/mol. The first-order valence-corrected chi connectivity index (χ1v) is 6.58. The van der Waals surface area contributed by atoms with E-state index in [-0.39, 0.29) is 11.9 Å². The minimum Gasteiger partial charge on any atom is -0.353 e. The van der Waals surface area contributed by atoms with Gasteiger partial charge >= 0.3 is 0 Å². The molecule has 1 aliphatic rings. The predicted molar refractivity (Wildman–Crippen MR) is 70.7 cm³/mol. The number of amides is 1. The lowest BCUT2D eigenvalue weighted by Crippen LogP contribution is -2.48. The zero-order valence-corrected chi connectivity index (χ0v) is 11.2. The molecular formula is C12H17ClN4O.